The summed E-state index contributed by atoms with van der Waals surface area (Å²) in [5.74, 6) is 0.143. The first-order valence-electron chi connectivity index (χ1n) is 8.56. The molecule has 1 fully saturated rings. The summed E-state index contributed by atoms with van der Waals surface area (Å²) in [4.78, 5) is 23.3. The molecule has 0 aliphatic heterocycles. The van der Waals surface area contributed by atoms with Crippen LogP contribution in [0.4, 0.5) is 5.69 Å². The number of carbonyl (C=O) groups excluding carboxylic acids is 2. The predicted octanol–water partition coefficient (Wildman–Crippen LogP) is 2.52. The minimum Gasteiger partial charge on any atom is -0.382 e. The average molecular weight is 337 g/mol. The minimum atomic E-state index is -0.247. The lowest BCUT2D eigenvalue weighted by molar-refractivity contribution is -0.119. The van der Waals surface area contributed by atoms with Crippen LogP contribution >= 0.6 is 0 Å². The summed E-state index contributed by atoms with van der Waals surface area (Å²) in [6.45, 7) is -0.0195. The predicted molar refractivity (Wildman–Crippen MR) is 98.7 cm³/mol. The Morgan fingerprint density at radius 2 is 1.80 bits per heavy atom. The van der Waals surface area contributed by atoms with Gasteiger partial charge in [0, 0.05) is 24.3 Å². The third-order valence-electron chi connectivity index (χ3n) is 4.59. The fourth-order valence-electron chi connectivity index (χ4n) is 3.07. The molecule has 25 heavy (non-hydrogen) atoms. The van der Waals surface area contributed by atoms with Gasteiger partial charge in [-0.2, -0.15) is 0 Å². The molecule has 0 heterocycles. The van der Waals surface area contributed by atoms with Crippen LogP contribution in [-0.4, -0.2) is 31.4 Å². The van der Waals surface area contributed by atoms with Crippen LogP contribution in [0.15, 0.2) is 54.6 Å². The van der Waals surface area contributed by atoms with Gasteiger partial charge in [0.25, 0.3) is 5.91 Å². The third-order valence-corrected chi connectivity index (χ3v) is 4.59. The van der Waals surface area contributed by atoms with E-state index >= 15 is 0 Å². The Balaban J connectivity index is 1.52. The Morgan fingerprint density at radius 3 is 2.52 bits per heavy atom. The summed E-state index contributed by atoms with van der Waals surface area (Å²) in [5, 5.41) is 8.57. The van der Waals surface area contributed by atoms with Crippen molar-refractivity contribution in [2.75, 3.05) is 18.9 Å². The van der Waals surface area contributed by atoms with Crippen LogP contribution in [0.5, 0.6) is 0 Å². The first kappa shape index (κ1) is 17.0. The van der Waals surface area contributed by atoms with E-state index < -0.39 is 0 Å². The average Bonchev–Trinajstić information content (AvgIpc) is 2.63. The van der Waals surface area contributed by atoms with Gasteiger partial charge in [-0.1, -0.05) is 36.4 Å². The first-order valence-corrected chi connectivity index (χ1v) is 8.56. The van der Waals surface area contributed by atoms with Crippen molar-refractivity contribution in [2.24, 2.45) is 0 Å². The Kier molecular flexibility index (Phi) is 5.33. The zero-order valence-corrected chi connectivity index (χ0v) is 14.3. The maximum Gasteiger partial charge on any atom is 0.251 e. The zero-order valence-electron chi connectivity index (χ0n) is 14.3. The van der Waals surface area contributed by atoms with E-state index in [2.05, 4.69) is 40.2 Å². The molecular formula is C20H23N3O2. The normalized spacial score (nSPS) is 18.8. The lowest BCUT2D eigenvalue weighted by Crippen LogP contribution is -2.35. The Morgan fingerprint density at radius 1 is 1.04 bits per heavy atom. The number of nitrogens with one attached hydrogen (secondary N) is 3. The molecule has 1 aliphatic carbocycles. The van der Waals surface area contributed by atoms with Crippen molar-refractivity contribution in [3.8, 4) is 0 Å². The topological polar surface area (TPSA) is 70.2 Å². The molecule has 5 heteroatoms. The SMILES string of the molecule is CNC(=O)CNC(=O)c1cccc(NC2CC(c3ccccc3)C2)c1. The summed E-state index contributed by atoms with van der Waals surface area (Å²) in [6.07, 6.45) is 2.19. The van der Waals surface area contributed by atoms with Crippen molar-refractivity contribution in [3.05, 3.63) is 65.7 Å². The summed E-state index contributed by atoms with van der Waals surface area (Å²) < 4.78 is 0. The number of hydrogen-bond acceptors (Lipinski definition) is 3. The van der Waals surface area contributed by atoms with Gasteiger partial charge < -0.3 is 16.0 Å². The molecule has 130 valence electrons. The van der Waals surface area contributed by atoms with E-state index in [4.69, 9.17) is 0 Å². The Bertz CT molecular complexity index is 740. The lowest BCUT2D eigenvalue weighted by atomic mass is 9.76. The van der Waals surface area contributed by atoms with Gasteiger partial charge in [-0.3, -0.25) is 9.59 Å². The number of rotatable bonds is 6. The number of amides is 2. The summed E-state index contributed by atoms with van der Waals surface area (Å²) in [7, 11) is 1.54. The summed E-state index contributed by atoms with van der Waals surface area (Å²) >= 11 is 0. The van der Waals surface area contributed by atoms with Gasteiger partial charge in [-0.15, -0.1) is 0 Å². The van der Waals surface area contributed by atoms with Crippen LogP contribution in [0.1, 0.15) is 34.7 Å². The number of carbonyl (C=O) groups is 2. The molecule has 5 nitrogen and oxygen atoms in total. The van der Waals surface area contributed by atoms with Gasteiger partial charge in [0.2, 0.25) is 5.91 Å². The highest BCUT2D eigenvalue weighted by molar-refractivity contribution is 5.97. The van der Waals surface area contributed by atoms with Crippen LogP contribution in [0.3, 0.4) is 0 Å². The van der Waals surface area contributed by atoms with Crippen LogP contribution in [0.2, 0.25) is 0 Å². The molecule has 2 aromatic carbocycles. The molecule has 1 saturated carbocycles. The van der Waals surface area contributed by atoms with E-state index in [1.54, 1.807) is 13.1 Å². The molecule has 0 bridgehead atoms. The van der Waals surface area contributed by atoms with Crippen LogP contribution < -0.4 is 16.0 Å². The smallest absolute Gasteiger partial charge is 0.251 e. The molecule has 3 N–H and O–H groups in total. The van der Waals surface area contributed by atoms with Crippen molar-refractivity contribution >= 4 is 17.5 Å². The summed E-state index contributed by atoms with van der Waals surface area (Å²) in [6, 6.07) is 18.4. The van der Waals surface area contributed by atoms with E-state index in [1.165, 1.54) is 5.56 Å². The van der Waals surface area contributed by atoms with E-state index in [-0.39, 0.29) is 18.4 Å². The van der Waals surface area contributed by atoms with Crippen LogP contribution in [-0.2, 0) is 4.79 Å². The molecule has 0 unspecified atom stereocenters. The molecule has 0 radical (unpaired) electrons. The van der Waals surface area contributed by atoms with Crippen LogP contribution in [0, 0.1) is 0 Å². The quantitative estimate of drug-likeness (QED) is 0.758. The van der Waals surface area contributed by atoms with Crippen molar-refractivity contribution in [3.63, 3.8) is 0 Å². The molecular weight excluding hydrogens is 314 g/mol. The fourth-order valence-corrected chi connectivity index (χ4v) is 3.07. The first-order chi connectivity index (χ1) is 12.2. The number of likely N-dealkylation sites (N-methyl/N-ethyl adjacent to an activating group) is 1. The molecule has 0 atom stereocenters. The van der Waals surface area contributed by atoms with Crippen LogP contribution in [0.25, 0.3) is 0 Å². The highest BCUT2D eigenvalue weighted by Gasteiger charge is 2.30. The standard InChI is InChI=1S/C20H23N3O2/c1-21-19(24)13-22-20(25)15-8-5-9-17(10-15)23-18-11-16(12-18)14-6-3-2-4-7-14/h2-10,16,18,23H,11-13H2,1H3,(H,21,24)(H,22,25). The Hall–Kier alpha value is -2.82. The number of anilines is 1. The van der Waals surface area contributed by atoms with Gasteiger partial charge in [-0.05, 0) is 42.5 Å². The second kappa shape index (κ2) is 7.83. The second-order valence-electron chi connectivity index (χ2n) is 6.36. The zero-order chi connectivity index (χ0) is 17.6. The van der Waals surface area contributed by atoms with Gasteiger partial charge in [0.1, 0.15) is 0 Å². The highest BCUT2D eigenvalue weighted by Crippen LogP contribution is 2.38. The molecule has 0 spiro atoms. The highest BCUT2D eigenvalue weighted by atomic mass is 16.2. The van der Waals surface area contributed by atoms with Gasteiger partial charge >= 0.3 is 0 Å². The maximum atomic E-state index is 12.1. The lowest BCUT2D eigenvalue weighted by Gasteiger charge is -2.37. The second-order valence-corrected chi connectivity index (χ2v) is 6.36. The minimum absolute atomic E-state index is 0.0195. The Labute approximate surface area is 147 Å². The summed E-state index contributed by atoms with van der Waals surface area (Å²) in [5.41, 5.74) is 2.87. The molecule has 2 amide bonds. The third kappa shape index (κ3) is 4.38. The van der Waals surface area contributed by atoms with Crippen molar-refractivity contribution in [2.45, 2.75) is 24.8 Å². The van der Waals surface area contributed by atoms with Crippen molar-refractivity contribution in [1.82, 2.24) is 10.6 Å². The van der Waals surface area contributed by atoms with Gasteiger partial charge in [0.15, 0.2) is 0 Å². The fraction of sp³-hybridized carbons (Fsp3) is 0.300. The van der Waals surface area contributed by atoms with E-state index in [9.17, 15) is 9.59 Å². The van der Waals surface area contributed by atoms with Crippen molar-refractivity contribution < 1.29 is 9.59 Å². The molecule has 2 aromatic rings. The largest absolute Gasteiger partial charge is 0.382 e. The van der Waals surface area contributed by atoms with Gasteiger partial charge in [0.05, 0.1) is 6.54 Å². The molecule has 3 rings (SSSR count). The monoisotopic (exact) mass is 337 g/mol. The van der Waals surface area contributed by atoms with E-state index in [0.717, 1.165) is 18.5 Å². The molecule has 0 aromatic heterocycles. The maximum absolute atomic E-state index is 12.1. The number of benzene rings is 2. The van der Waals surface area contributed by atoms with Crippen molar-refractivity contribution in [1.29, 1.82) is 0 Å². The number of hydrogen-bond donors (Lipinski definition) is 3. The van der Waals surface area contributed by atoms with E-state index in [1.807, 2.05) is 24.3 Å². The van der Waals surface area contributed by atoms with E-state index in [0.29, 0.717) is 17.5 Å². The molecule has 1 aliphatic rings. The van der Waals surface area contributed by atoms with Gasteiger partial charge in [-0.25, -0.2) is 0 Å². The molecule has 0 saturated heterocycles.